The Bertz CT molecular complexity index is 1010. The van der Waals surface area contributed by atoms with Crippen LogP contribution in [0.4, 0.5) is 11.6 Å². The Morgan fingerprint density at radius 1 is 1.22 bits per heavy atom. The van der Waals surface area contributed by atoms with Crippen LogP contribution >= 0.6 is 23.2 Å². The van der Waals surface area contributed by atoms with Crippen molar-refractivity contribution in [2.45, 2.75) is 20.0 Å². The van der Waals surface area contributed by atoms with Crippen LogP contribution in [0.1, 0.15) is 11.3 Å². The topological polar surface area (TPSA) is 108 Å². The van der Waals surface area contributed by atoms with Crippen LogP contribution in [0, 0.1) is 17.0 Å². The van der Waals surface area contributed by atoms with E-state index >= 15 is 0 Å². The van der Waals surface area contributed by atoms with Gasteiger partial charge in [-0.1, -0.05) is 29.3 Å². The highest BCUT2D eigenvalue weighted by Crippen LogP contribution is 2.23. The molecule has 140 valence electrons. The number of hydrogen-bond acceptors (Lipinski definition) is 5. The third kappa shape index (κ3) is 4.63. The van der Waals surface area contributed by atoms with E-state index in [1.54, 1.807) is 22.9 Å². The molecule has 0 saturated carbocycles. The summed E-state index contributed by atoms with van der Waals surface area (Å²) in [5, 5.41) is 22.2. The first-order chi connectivity index (χ1) is 12.8. The zero-order valence-corrected chi connectivity index (χ0v) is 15.6. The van der Waals surface area contributed by atoms with E-state index in [-0.39, 0.29) is 12.4 Å². The van der Waals surface area contributed by atoms with E-state index in [4.69, 9.17) is 23.2 Å². The molecule has 0 atom stereocenters. The minimum absolute atomic E-state index is 0.160. The normalized spacial score (nSPS) is 10.8. The molecule has 1 amide bonds. The first-order valence-electron chi connectivity index (χ1n) is 7.78. The fourth-order valence-corrected chi connectivity index (χ4v) is 2.73. The summed E-state index contributed by atoms with van der Waals surface area (Å²) >= 11 is 11.9. The van der Waals surface area contributed by atoms with Crippen LogP contribution in [-0.4, -0.2) is 30.4 Å². The average molecular weight is 409 g/mol. The number of nitro groups is 1. The molecule has 0 aliphatic rings. The molecule has 1 N–H and O–H groups in total. The second-order valence-electron chi connectivity index (χ2n) is 5.75. The summed E-state index contributed by atoms with van der Waals surface area (Å²) < 4.78 is 2.90. The van der Waals surface area contributed by atoms with Gasteiger partial charge in [-0.15, -0.1) is 0 Å². The highest BCUT2D eigenvalue weighted by Gasteiger charge is 2.15. The highest BCUT2D eigenvalue weighted by atomic mass is 35.5. The molecule has 0 fully saturated rings. The first-order valence-corrected chi connectivity index (χ1v) is 8.53. The van der Waals surface area contributed by atoms with Crippen molar-refractivity contribution >= 4 is 40.7 Å². The Hall–Kier alpha value is -2.91. The minimum atomic E-state index is -0.623. The number of anilines is 1. The lowest BCUT2D eigenvalue weighted by Crippen LogP contribution is -2.19. The van der Waals surface area contributed by atoms with Crippen molar-refractivity contribution in [1.82, 2.24) is 19.6 Å². The number of carbonyl (C=O) groups excluding carboxylic acids is 1. The average Bonchev–Trinajstić information content (AvgIpc) is 3.18. The molecule has 0 unspecified atom stereocenters. The number of hydrogen-bond donors (Lipinski definition) is 1. The van der Waals surface area contributed by atoms with Gasteiger partial charge in [0, 0.05) is 11.8 Å². The van der Waals surface area contributed by atoms with Crippen molar-refractivity contribution in [3.8, 4) is 0 Å². The Morgan fingerprint density at radius 2 is 2.00 bits per heavy atom. The quantitative estimate of drug-likeness (QED) is 0.497. The fraction of sp³-hybridized carbons (Fsp3) is 0.188. The van der Waals surface area contributed by atoms with Crippen LogP contribution in [0.25, 0.3) is 0 Å². The van der Waals surface area contributed by atoms with E-state index in [2.05, 4.69) is 15.5 Å². The molecule has 0 spiro atoms. The van der Waals surface area contributed by atoms with Gasteiger partial charge in [0.25, 0.3) is 0 Å². The second-order valence-corrected chi connectivity index (χ2v) is 6.57. The molecule has 2 aromatic heterocycles. The highest BCUT2D eigenvalue weighted by molar-refractivity contribution is 6.42. The maximum absolute atomic E-state index is 12.1. The molecule has 0 aliphatic heterocycles. The van der Waals surface area contributed by atoms with Crippen LogP contribution in [0.5, 0.6) is 0 Å². The van der Waals surface area contributed by atoms with Crippen molar-refractivity contribution in [3.63, 3.8) is 0 Å². The summed E-state index contributed by atoms with van der Waals surface area (Å²) in [5.41, 5.74) is 1.75. The van der Waals surface area contributed by atoms with E-state index in [1.807, 2.05) is 13.0 Å². The SMILES string of the molecule is Cc1cc(NC(=O)Cn2ccc([N+](=O)[O-])n2)nn1Cc1ccc(Cl)c(Cl)c1. The van der Waals surface area contributed by atoms with Crippen molar-refractivity contribution in [1.29, 1.82) is 0 Å². The molecule has 0 bridgehead atoms. The van der Waals surface area contributed by atoms with Crippen LogP contribution in [0.2, 0.25) is 10.0 Å². The van der Waals surface area contributed by atoms with Crippen molar-refractivity contribution in [3.05, 3.63) is 67.9 Å². The first kappa shape index (κ1) is 18.9. The monoisotopic (exact) mass is 408 g/mol. The third-order valence-corrected chi connectivity index (χ3v) is 4.42. The summed E-state index contributed by atoms with van der Waals surface area (Å²) in [7, 11) is 0. The number of amides is 1. The van der Waals surface area contributed by atoms with Gasteiger partial charge in [-0.05, 0) is 29.5 Å². The van der Waals surface area contributed by atoms with E-state index < -0.39 is 10.8 Å². The van der Waals surface area contributed by atoms with Gasteiger partial charge in [-0.25, -0.2) is 0 Å². The lowest BCUT2D eigenvalue weighted by Gasteiger charge is -2.06. The predicted molar refractivity (Wildman–Crippen MR) is 100 cm³/mol. The molecular formula is C16H14Cl2N6O3. The van der Waals surface area contributed by atoms with Crippen molar-refractivity contribution in [2.75, 3.05) is 5.32 Å². The smallest absolute Gasteiger partial charge is 0.358 e. The Labute approximate surface area is 163 Å². The predicted octanol–water partition coefficient (Wildman–Crippen LogP) is 3.29. The van der Waals surface area contributed by atoms with Crippen LogP contribution in [0.15, 0.2) is 36.5 Å². The van der Waals surface area contributed by atoms with Gasteiger partial charge in [0.15, 0.2) is 5.82 Å². The second kappa shape index (κ2) is 7.77. The summed E-state index contributed by atoms with van der Waals surface area (Å²) in [6.07, 6.45) is 1.37. The lowest BCUT2D eigenvalue weighted by atomic mass is 10.2. The van der Waals surface area contributed by atoms with Gasteiger partial charge in [0.05, 0.1) is 34.0 Å². The lowest BCUT2D eigenvalue weighted by molar-refractivity contribution is -0.389. The molecule has 0 radical (unpaired) electrons. The molecule has 3 rings (SSSR count). The maximum Gasteiger partial charge on any atom is 0.389 e. The molecule has 11 heteroatoms. The number of carbonyl (C=O) groups is 1. The summed E-state index contributed by atoms with van der Waals surface area (Å²) in [6, 6.07) is 8.26. The van der Waals surface area contributed by atoms with E-state index in [0.29, 0.717) is 22.4 Å². The van der Waals surface area contributed by atoms with E-state index in [9.17, 15) is 14.9 Å². The zero-order chi connectivity index (χ0) is 19.6. The van der Waals surface area contributed by atoms with Gasteiger partial charge in [-0.3, -0.25) is 9.48 Å². The number of nitrogens with zero attached hydrogens (tertiary/aromatic N) is 5. The largest absolute Gasteiger partial charge is 0.389 e. The molecule has 2 heterocycles. The van der Waals surface area contributed by atoms with Crippen LogP contribution < -0.4 is 5.32 Å². The number of benzene rings is 1. The number of aromatic nitrogens is 4. The maximum atomic E-state index is 12.1. The summed E-state index contributed by atoms with van der Waals surface area (Å²) in [5.74, 6) is -0.337. The van der Waals surface area contributed by atoms with Gasteiger partial charge >= 0.3 is 5.82 Å². The molecule has 1 aromatic carbocycles. The van der Waals surface area contributed by atoms with E-state index in [1.165, 1.54) is 16.9 Å². The standard InChI is InChI=1S/C16H14Cl2N6O3/c1-10-6-14(19-16(25)9-22-5-4-15(21-22)24(26)27)20-23(10)8-11-2-3-12(17)13(18)7-11/h2-7H,8-9H2,1H3,(H,19,20,25). The number of rotatable bonds is 6. The van der Waals surface area contributed by atoms with E-state index in [0.717, 1.165) is 11.3 Å². The van der Waals surface area contributed by atoms with Gasteiger partial charge in [0.1, 0.15) is 6.54 Å². The van der Waals surface area contributed by atoms with Gasteiger partial charge in [-0.2, -0.15) is 9.78 Å². The van der Waals surface area contributed by atoms with Gasteiger partial charge in [0.2, 0.25) is 5.91 Å². The summed E-state index contributed by atoms with van der Waals surface area (Å²) in [6.45, 7) is 2.16. The van der Waals surface area contributed by atoms with Crippen LogP contribution in [0.3, 0.4) is 0 Å². The van der Waals surface area contributed by atoms with Crippen LogP contribution in [-0.2, 0) is 17.9 Å². The molecule has 0 saturated heterocycles. The minimum Gasteiger partial charge on any atom is -0.358 e. The number of halogens is 2. The summed E-state index contributed by atoms with van der Waals surface area (Å²) in [4.78, 5) is 22.1. The number of aryl methyl sites for hydroxylation is 1. The Balaban J connectivity index is 1.65. The zero-order valence-electron chi connectivity index (χ0n) is 14.1. The fourth-order valence-electron chi connectivity index (χ4n) is 2.41. The Morgan fingerprint density at radius 3 is 2.67 bits per heavy atom. The molecule has 0 aliphatic carbocycles. The van der Waals surface area contributed by atoms with Crippen molar-refractivity contribution < 1.29 is 9.72 Å². The third-order valence-electron chi connectivity index (χ3n) is 3.68. The molecule has 9 nitrogen and oxygen atoms in total. The Kier molecular flexibility index (Phi) is 5.43. The number of nitrogens with one attached hydrogen (secondary N) is 1. The van der Waals surface area contributed by atoms with Gasteiger partial charge < -0.3 is 15.4 Å². The molecular weight excluding hydrogens is 395 g/mol. The molecule has 3 aromatic rings. The molecule has 27 heavy (non-hydrogen) atoms. The van der Waals surface area contributed by atoms with Crippen molar-refractivity contribution in [2.24, 2.45) is 0 Å².